The second-order valence-corrected chi connectivity index (χ2v) is 4.64. The van der Waals surface area contributed by atoms with Crippen LogP contribution in [0.3, 0.4) is 0 Å². The van der Waals surface area contributed by atoms with Crippen molar-refractivity contribution in [3.05, 3.63) is 0 Å². The minimum absolute atomic E-state index is 0.255. The van der Waals surface area contributed by atoms with Crippen molar-refractivity contribution < 1.29 is 9.53 Å². The first-order valence-electron chi connectivity index (χ1n) is 5.99. The summed E-state index contributed by atoms with van der Waals surface area (Å²) in [6.45, 7) is 2.17. The summed E-state index contributed by atoms with van der Waals surface area (Å²) in [5.41, 5.74) is 0. The van der Waals surface area contributed by atoms with E-state index in [1.807, 2.05) is 0 Å². The third-order valence-corrected chi connectivity index (χ3v) is 3.55. The van der Waals surface area contributed by atoms with Gasteiger partial charge in [0.2, 0.25) is 0 Å². The Labute approximate surface area is 86.0 Å². The molecule has 2 aliphatic heterocycles. The lowest BCUT2D eigenvalue weighted by Crippen LogP contribution is -2.25. The third-order valence-electron chi connectivity index (χ3n) is 3.55. The molecule has 0 spiro atoms. The maximum atomic E-state index is 11.8. The van der Waals surface area contributed by atoms with Crippen molar-refractivity contribution in [1.29, 1.82) is 0 Å². The summed E-state index contributed by atoms with van der Waals surface area (Å²) < 4.78 is 5.69. The molecule has 3 atom stereocenters. The van der Waals surface area contributed by atoms with Crippen molar-refractivity contribution in [2.75, 3.05) is 0 Å². The molecule has 14 heavy (non-hydrogen) atoms. The van der Waals surface area contributed by atoms with Gasteiger partial charge in [-0.2, -0.15) is 0 Å². The van der Waals surface area contributed by atoms with E-state index in [0.717, 1.165) is 25.7 Å². The summed E-state index contributed by atoms with van der Waals surface area (Å²) in [4.78, 5) is 11.8. The number of carbonyl (C=O) groups excluding carboxylic acids is 1. The van der Waals surface area contributed by atoms with Crippen LogP contribution in [0, 0.1) is 5.92 Å². The Balaban J connectivity index is 1.75. The van der Waals surface area contributed by atoms with Crippen molar-refractivity contribution >= 4 is 5.78 Å². The molecular formula is C12H20O2. The van der Waals surface area contributed by atoms with Crippen LogP contribution in [0.2, 0.25) is 0 Å². The molecule has 0 aliphatic carbocycles. The van der Waals surface area contributed by atoms with Crippen molar-refractivity contribution in [2.45, 2.75) is 64.1 Å². The van der Waals surface area contributed by atoms with Gasteiger partial charge >= 0.3 is 0 Å². The summed E-state index contributed by atoms with van der Waals surface area (Å²) in [6, 6.07) is 0. The van der Waals surface area contributed by atoms with E-state index in [4.69, 9.17) is 4.74 Å². The minimum Gasteiger partial charge on any atom is -0.374 e. The fourth-order valence-corrected chi connectivity index (χ4v) is 2.71. The van der Waals surface area contributed by atoms with Crippen LogP contribution in [0.15, 0.2) is 0 Å². The van der Waals surface area contributed by atoms with Gasteiger partial charge < -0.3 is 4.74 Å². The first-order valence-corrected chi connectivity index (χ1v) is 5.99. The Kier molecular flexibility index (Phi) is 3.22. The molecule has 2 nitrogen and oxygen atoms in total. The second-order valence-electron chi connectivity index (χ2n) is 4.64. The van der Waals surface area contributed by atoms with E-state index in [1.54, 1.807) is 0 Å². The first-order chi connectivity index (χ1) is 6.81. The first kappa shape index (κ1) is 10.2. The van der Waals surface area contributed by atoms with Gasteiger partial charge in [0.25, 0.3) is 0 Å². The minimum atomic E-state index is 0.255. The van der Waals surface area contributed by atoms with E-state index < -0.39 is 0 Å². The van der Waals surface area contributed by atoms with Crippen LogP contribution in [0.25, 0.3) is 0 Å². The predicted octanol–water partition coefficient (Wildman–Crippen LogP) is 2.70. The Bertz CT molecular complexity index is 212. The van der Waals surface area contributed by atoms with Crippen molar-refractivity contribution in [2.24, 2.45) is 5.92 Å². The van der Waals surface area contributed by atoms with Gasteiger partial charge in [-0.3, -0.25) is 4.79 Å². The van der Waals surface area contributed by atoms with Gasteiger partial charge in [0.15, 0.2) is 0 Å². The second kappa shape index (κ2) is 4.43. The molecule has 2 heterocycles. The lowest BCUT2D eigenvalue weighted by atomic mass is 9.84. The topological polar surface area (TPSA) is 26.3 Å². The summed E-state index contributed by atoms with van der Waals surface area (Å²) in [5, 5.41) is 0. The average Bonchev–Trinajstić information content (AvgIpc) is 2.79. The third kappa shape index (κ3) is 2.00. The molecule has 0 saturated carbocycles. The van der Waals surface area contributed by atoms with Gasteiger partial charge in [-0.15, -0.1) is 0 Å². The number of Topliss-reactive ketones (excluding diaryl/α,β-unsaturated/α-hetero) is 1. The molecule has 0 aromatic rings. The van der Waals surface area contributed by atoms with Crippen LogP contribution in [0.5, 0.6) is 0 Å². The Morgan fingerprint density at radius 2 is 2.21 bits per heavy atom. The van der Waals surface area contributed by atoms with Crippen LogP contribution >= 0.6 is 0 Å². The van der Waals surface area contributed by atoms with Gasteiger partial charge in [0, 0.05) is 12.3 Å². The fraction of sp³-hybridized carbons (Fsp3) is 0.917. The molecule has 80 valence electrons. The smallest absolute Gasteiger partial charge is 0.138 e. The van der Waals surface area contributed by atoms with Crippen LogP contribution < -0.4 is 0 Å². The Morgan fingerprint density at radius 1 is 1.36 bits per heavy atom. The summed E-state index contributed by atoms with van der Waals surface area (Å²) >= 11 is 0. The highest BCUT2D eigenvalue weighted by Crippen LogP contribution is 2.39. The molecule has 2 fully saturated rings. The monoisotopic (exact) mass is 196 g/mol. The maximum absolute atomic E-state index is 11.8. The molecule has 0 N–H and O–H groups in total. The molecule has 0 amide bonds. The molecule has 0 aromatic heterocycles. The van der Waals surface area contributed by atoms with E-state index in [2.05, 4.69) is 6.92 Å². The molecular weight excluding hydrogens is 176 g/mol. The lowest BCUT2D eigenvalue weighted by molar-refractivity contribution is -0.124. The normalized spacial score (nSPS) is 35.1. The van der Waals surface area contributed by atoms with Crippen molar-refractivity contribution in [3.8, 4) is 0 Å². The zero-order valence-electron chi connectivity index (χ0n) is 9.00. The highest BCUT2D eigenvalue weighted by Gasteiger charge is 2.43. The fourth-order valence-electron chi connectivity index (χ4n) is 2.71. The number of unbranched alkanes of at least 4 members (excludes halogenated alkanes) is 2. The predicted molar refractivity (Wildman–Crippen MR) is 55.2 cm³/mol. The van der Waals surface area contributed by atoms with Gasteiger partial charge in [-0.25, -0.2) is 0 Å². The van der Waals surface area contributed by atoms with Crippen molar-refractivity contribution in [1.82, 2.24) is 0 Å². The largest absolute Gasteiger partial charge is 0.374 e. The molecule has 2 bridgehead atoms. The molecule has 3 unspecified atom stereocenters. The standard InChI is InChI=1S/C12H20O2/c1-2-3-4-5-11(13)10-8-9-6-7-12(10)14-9/h9-10,12H,2-8H2,1H3. The van der Waals surface area contributed by atoms with Gasteiger partial charge in [-0.05, 0) is 25.7 Å². The Hall–Kier alpha value is -0.370. The van der Waals surface area contributed by atoms with Gasteiger partial charge in [-0.1, -0.05) is 19.8 Å². The summed E-state index contributed by atoms with van der Waals surface area (Å²) in [7, 11) is 0. The molecule has 2 rings (SSSR count). The number of hydrogen-bond acceptors (Lipinski definition) is 2. The highest BCUT2D eigenvalue weighted by molar-refractivity contribution is 5.82. The van der Waals surface area contributed by atoms with Gasteiger partial charge in [0.05, 0.1) is 12.2 Å². The van der Waals surface area contributed by atoms with E-state index in [9.17, 15) is 4.79 Å². The number of rotatable bonds is 5. The summed E-state index contributed by atoms with van der Waals surface area (Å²) in [6.07, 6.45) is 8.25. The highest BCUT2D eigenvalue weighted by atomic mass is 16.5. The van der Waals surface area contributed by atoms with Crippen molar-refractivity contribution in [3.63, 3.8) is 0 Å². The molecule has 0 radical (unpaired) electrons. The van der Waals surface area contributed by atoms with Crippen LogP contribution in [-0.2, 0) is 9.53 Å². The Morgan fingerprint density at radius 3 is 2.79 bits per heavy atom. The summed E-state index contributed by atoms with van der Waals surface area (Å²) in [5.74, 6) is 0.719. The number of ketones is 1. The lowest BCUT2D eigenvalue weighted by Gasteiger charge is -2.16. The van der Waals surface area contributed by atoms with E-state index in [0.29, 0.717) is 11.9 Å². The zero-order chi connectivity index (χ0) is 9.97. The van der Waals surface area contributed by atoms with E-state index in [-0.39, 0.29) is 12.0 Å². The SMILES string of the molecule is CCCCCC(=O)C1CC2CCC1O2. The number of carbonyl (C=O) groups is 1. The quantitative estimate of drug-likeness (QED) is 0.632. The molecule has 2 saturated heterocycles. The molecule has 2 heteroatoms. The molecule has 2 aliphatic rings. The van der Waals surface area contributed by atoms with E-state index in [1.165, 1.54) is 19.3 Å². The molecule has 0 aromatic carbocycles. The van der Waals surface area contributed by atoms with E-state index >= 15 is 0 Å². The van der Waals surface area contributed by atoms with Crippen LogP contribution in [0.1, 0.15) is 51.9 Å². The number of ether oxygens (including phenoxy) is 1. The zero-order valence-corrected chi connectivity index (χ0v) is 9.00. The average molecular weight is 196 g/mol. The number of fused-ring (bicyclic) bond motifs is 2. The van der Waals surface area contributed by atoms with Crippen LogP contribution in [0.4, 0.5) is 0 Å². The number of hydrogen-bond donors (Lipinski definition) is 0. The van der Waals surface area contributed by atoms with Gasteiger partial charge in [0.1, 0.15) is 5.78 Å². The maximum Gasteiger partial charge on any atom is 0.138 e. The van der Waals surface area contributed by atoms with Crippen LogP contribution in [-0.4, -0.2) is 18.0 Å².